The van der Waals surface area contributed by atoms with Gasteiger partial charge in [0.1, 0.15) is 5.82 Å². The van der Waals surface area contributed by atoms with Crippen LogP contribution >= 0.6 is 0 Å². The molecule has 6 heteroatoms. The number of aromatic nitrogens is 1. The Balaban J connectivity index is 1.85. The number of rotatable bonds is 6. The fourth-order valence-electron chi connectivity index (χ4n) is 3.09. The van der Waals surface area contributed by atoms with E-state index in [-0.39, 0.29) is 4.90 Å². The number of aryl methyl sites for hydroxylation is 3. The summed E-state index contributed by atoms with van der Waals surface area (Å²) in [6.45, 7) is 8.52. The van der Waals surface area contributed by atoms with E-state index >= 15 is 0 Å². The standard InChI is InChI=1S/C22H25N3O2S/c1-5-25(20-8-6-7-16(2)13-20)22-12-11-19(15-23-22)24-28(26,27)21-14-17(3)9-10-18(21)4/h6-15,24H,5H2,1-4H3. The van der Waals surface area contributed by atoms with Crippen LogP contribution in [-0.4, -0.2) is 19.9 Å². The average Bonchev–Trinajstić information content (AvgIpc) is 2.65. The maximum Gasteiger partial charge on any atom is 0.262 e. The van der Waals surface area contributed by atoms with Crippen LogP contribution < -0.4 is 9.62 Å². The van der Waals surface area contributed by atoms with Crippen LogP contribution in [-0.2, 0) is 10.0 Å². The zero-order valence-corrected chi connectivity index (χ0v) is 17.4. The van der Waals surface area contributed by atoms with Gasteiger partial charge in [0.05, 0.1) is 16.8 Å². The SMILES string of the molecule is CCN(c1cccc(C)c1)c1ccc(NS(=O)(=O)c2cc(C)ccc2C)cn1. The van der Waals surface area contributed by atoms with E-state index in [1.807, 2.05) is 37.3 Å². The molecule has 0 atom stereocenters. The minimum absolute atomic E-state index is 0.284. The van der Waals surface area contributed by atoms with Crippen molar-refractivity contribution < 1.29 is 8.42 Å². The molecule has 0 unspecified atom stereocenters. The van der Waals surface area contributed by atoms with Gasteiger partial charge in [-0.1, -0.05) is 24.3 Å². The van der Waals surface area contributed by atoms with Crippen molar-refractivity contribution in [1.29, 1.82) is 0 Å². The largest absolute Gasteiger partial charge is 0.327 e. The minimum Gasteiger partial charge on any atom is -0.327 e. The van der Waals surface area contributed by atoms with Crippen LogP contribution in [0.4, 0.5) is 17.2 Å². The van der Waals surface area contributed by atoms with Crippen LogP contribution in [0.5, 0.6) is 0 Å². The lowest BCUT2D eigenvalue weighted by Gasteiger charge is -2.22. The molecule has 0 amide bonds. The Morgan fingerprint density at radius 2 is 1.71 bits per heavy atom. The van der Waals surface area contributed by atoms with E-state index in [4.69, 9.17) is 0 Å². The van der Waals surface area contributed by atoms with Gasteiger partial charge in [0.15, 0.2) is 0 Å². The number of nitrogens with one attached hydrogen (secondary N) is 1. The first kappa shape index (κ1) is 19.9. The fraction of sp³-hybridized carbons (Fsp3) is 0.227. The van der Waals surface area contributed by atoms with Gasteiger partial charge in [-0.15, -0.1) is 0 Å². The molecule has 0 aliphatic carbocycles. The summed E-state index contributed by atoms with van der Waals surface area (Å²) in [4.78, 5) is 6.84. The van der Waals surface area contributed by atoms with E-state index in [0.717, 1.165) is 23.6 Å². The average molecular weight is 396 g/mol. The van der Waals surface area contributed by atoms with Crippen molar-refractivity contribution in [3.05, 3.63) is 77.5 Å². The van der Waals surface area contributed by atoms with Gasteiger partial charge in [-0.3, -0.25) is 4.72 Å². The van der Waals surface area contributed by atoms with Gasteiger partial charge in [0, 0.05) is 12.2 Å². The molecule has 1 heterocycles. The molecule has 0 aliphatic rings. The molecule has 3 rings (SSSR count). The molecule has 1 N–H and O–H groups in total. The molecule has 5 nitrogen and oxygen atoms in total. The third-order valence-electron chi connectivity index (χ3n) is 4.54. The van der Waals surface area contributed by atoms with E-state index in [9.17, 15) is 8.42 Å². The number of nitrogens with zero attached hydrogens (tertiary/aromatic N) is 2. The summed E-state index contributed by atoms with van der Waals surface area (Å²) in [5.74, 6) is 0.766. The Morgan fingerprint density at radius 3 is 2.36 bits per heavy atom. The smallest absolute Gasteiger partial charge is 0.262 e. The summed E-state index contributed by atoms with van der Waals surface area (Å²) in [6.07, 6.45) is 1.55. The highest BCUT2D eigenvalue weighted by molar-refractivity contribution is 7.92. The zero-order valence-electron chi connectivity index (χ0n) is 16.6. The molecule has 146 valence electrons. The number of hydrogen-bond acceptors (Lipinski definition) is 4. The Kier molecular flexibility index (Phi) is 5.70. The monoisotopic (exact) mass is 395 g/mol. The summed E-state index contributed by atoms with van der Waals surface area (Å²) >= 11 is 0. The first-order chi connectivity index (χ1) is 13.3. The van der Waals surface area contributed by atoms with Gasteiger partial charge < -0.3 is 4.90 Å². The van der Waals surface area contributed by atoms with Crippen LogP contribution in [0.15, 0.2) is 65.7 Å². The maximum atomic E-state index is 12.8. The first-order valence-corrected chi connectivity index (χ1v) is 10.7. The summed E-state index contributed by atoms with van der Waals surface area (Å²) < 4.78 is 28.1. The van der Waals surface area contributed by atoms with Gasteiger partial charge >= 0.3 is 0 Å². The van der Waals surface area contributed by atoms with Gasteiger partial charge in [0.25, 0.3) is 10.0 Å². The molecule has 1 aromatic heterocycles. The highest BCUT2D eigenvalue weighted by atomic mass is 32.2. The number of benzene rings is 2. The quantitative estimate of drug-likeness (QED) is 0.640. The molecular weight excluding hydrogens is 370 g/mol. The van der Waals surface area contributed by atoms with Gasteiger partial charge in [-0.25, -0.2) is 13.4 Å². The number of pyridine rings is 1. The van der Waals surface area contributed by atoms with Crippen molar-refractivity contribution >= 4 is 27.2 Å². The third kappa shape index (κ3) is 4.34. The van der Waals surface area contributed by atoms with Crippen LogP contribution in [0.25, 0.3) is 0 Å². The predicted octanol–water partition coefficient (Wildman–Crippen LogP) is 4.97. The second-order valence-electron chi connectivity index (χ2n) is 6.86. The molecule has 0 spiro atoms. The van der Waals surface area contributed by atoms with E-state index < -0.39 is 10.0 Å². The molecule has 0 fully saturated rings. The first-order valence-electron chi connectivity index (χ1n) is 9.20. The lowest BCUT2D eigenvalue weighted by Crippen LogP contribution is -2.18. The number of anilines is 3. The normalized spacial score (nSPS) is 11.3. The molecule has 0 aliphatic heterocycles. The van der Waals surface area contributed by atoms with Crippen molar-refractivity contribution in [1.82, 2.24) is 4.98 Å². The van der Waals surface area contributed by atoms with Crippen molar-refractivity contribution in [3.8, 4) is 0 Å². The highest BCUT2D eigenvalue weighted by Crippen LogP contribution is 2.26. The van der Waals surface area contributed by atoms with Crippen LogP contribution in [0.2, 0.25) is 0 Å². The van der Waals surface area contributed by atoms with Crippen molar-refractivity contribution in [2.75, 3.05) is 16.2 Å². The second kappa shape index (κ2) is 8.02. The molecule has 28 heavy (non-hydrogen) atoms. The minimum atomic E-state index is -3.67. The Morgan fingerprint density at radius 1 is 0.964 bits per heavy atom. The molecule has 0 saturated carbocycles. The summed E-state index contributed by atoms with van der Waals surface area (Å²) in [5.41, 5.74) is 4.27. The summed E-state index contributed by atoms with van der Waals surface area (Å²) in [5, 5.41) is 0. The van der Waals surface area contributed by atoms with Gasteiger partial charge in [-0.05, 0) is 74.7 Å². The molecule has 0 bridgehead atoms. The van der Waals surface area contributed by atoms with E-state index in [0.29, 0.717) is 11.3 Å². The summed E-state index contributed by atoms with van der Waals surface area (Å²) in [6, 6.07) is 17.2. The van der Waals surface area contributed by atoms with Crippen molar-refractivity contribution in [3.63, 3.8) is 0 Å². The second-order valence-corrected chi connectivity index (χ2v) is 8.51. The predicted molar refractivity (Wildman–Crippen MR) is 115 cm³/mol. The Bertz CT molecular complexity index is 1080. The van der Waals surface area contributed by atoms with Crippen molar-refractivity contribution in [2.24, 2.45) is 0 Å². The van der Waals surface area contributed by atoms with Gasteiger partial charge in [0.2, 0.25) is 0 Å². The van der Waals surface area contributed by atoms with E-state index in [2.05, 4.69) is 40.6 Å². The topological polar surface area (TPSA) is 62.3 Å². The lowest BCUT2D eigenvalue weighted by atomic mass is 10.2. The maximum absolute atomic E-state index is 12.8. The Labute approximate surface area is 167 Å². The molecule has 3 aromatic rings. The molecular formula is C22H25N3O2S. The van der Waals surface area contributed by atoms with E-state index in [1.54, 1.807) is 25.3 Å². The fourth-order valence-corrected chi connectivity index (χ4v) is 4.46. The zero-order chi connectivity index (χ0) is 20.3. The number of hydrogen-bond donors (Lipinski definition) is 1. The van der Waals surface area contributed by atoms with Crippen LogP contribution in [0, 0.1) is 20.8 Å². The molecule has 0 radical (unpaired) electrons. The van der Waals surface area contributed by atoms with Crippen LogP contribution in [0.3, 0.4) is 0 Å². The van der Waals surface area contributed by atoms with Crippen molar-refractivity contribution in [2.45, 2.75) is 32.6 Å². The molecule has 0 saturated heterocycles. The van der Waals surface area contributed by atoms with E-state index in [1.165, 1.54) is 5.56 Å². The highest BCUT2D eigenvalue weighted by Gasteiger charge is 2.18. The Hall–Kier alpha value is -2.86. The molecule has 2 aromatic carbocycles. The third-order valence-corrected chi connectivity index (χ3v) is 6.06. The van der Waals surface area contributed by atoms with Crippen LogP contribution in [0.1, 0.15) is 23.6 Å². The summed E-state index contributed by atoms with van der Waals surface area (Å²) in [7, 11) is -3.67. The number of sulfonamides is 1. The lowest BCUT2D eigenvalue weighted by molar-refractivity contribution is 0.600. The van der Waals surface area contributed by atoms with Gasteiger partial charge in [-0.2, -0.15) is 0 Å².